The third kappa shape index (κ3) is 1.88. The van der Waals surface area contributed by atoms with Gasteiger partial charge in [-0.3, -0.25) is 0 Å². The lowest BCUT2D eigenvalue weighted by atomic mass is 9.51. The van der Waals surface area contributed by atoms with Crippen LogP contribution in [-0.2, 0) is 0 Å². The molecule has 2 nitrogen and oxygen atoms in total. The largest absolute Gasteiger partial charge is 0.312 e. The maximum atomic E-state index is 8.90. The zero-order valence-electron chi connectivity index (χ0n) is 11.8. The average Bonchev–Trinajstić information content (AvgIpc) is 2.46. The van der Waals surface area contributed by atoms with E-state index < -0.39 is 6.04 Å². The minimum atomic E-state index is -0.484. The van der Waals surface area contributed by atoms with Gasteiger partial charge >= 0.3 is 0 Å². The van der Waals surface area contributed by atoms with Gasteiger partial charge in [0, 0.05) is 0 Å². The van der Waals surface area contributed by atoms with Crippen molar-refractivity contribution in [1.82, 2.24) is 0 Å². The number of hydrogen-bond donors (Lipinski definition) is 1. The fourth-order valence-electron chi connectivity index (χ4n) is 5.47. The Bertz CT molecular complexity index is 512. The van der Waals surface area contributed by atoms with E-state index >= 15 is 0 Å². The first kappa shape index (κ1) is 12.4. The fourth-order valence-corrected chi connectivity index (χ4v) is 5.47. The smallest absolute Gasteiger partial charge is 0.118 e. The monoisotopic (exact) mass is 266 g/mol. The quantitative estimate of drug-likeness (QED) is 0.886. The highest BCUT2D eigenvalue weighted by Crippen LogP contribution is 2.59. The second-order valence-corrected chi connectivity index (χ2v) is 7.23. The molecule has 20 heavy (non-hydrogen) atoms. The normalized spacial score (nSPS) is 39.5. The van der Waals surface area contributed by atoms with Crippen LogP contribution in [0.15, 0.2) is 24.3 Å². The van der Waals surface area contributed by atoms with E-state index in [1.165, 1.54) is 37.7 Å². The first-order valence-corrected chi connectivity index (χ1v) is 7.99. The Labute approximate surface area is 121 Å². The van der Waals surface area contributed by atoms with Crippen LogP contribution in [0.5, 0.6) is 0 Å². The van der Waals surface area contributed by atoms with Crippen LogP contribution in [0.25, 0.3) is 0 Å². The van der Waals surface area contributed by atoms with Crippen LogP contribution in [0.1, 0.15) is 55.2 Å². The third-order valence-electron chi connectivity index (χ3n) is 6.05. The van der Waals surface area contributed by atoms with E-state index in [2.05, 4.69) is 30.3 Å². The summed E-state index contributed by atoms with van der Waals surface area (Å²) in [5.41, 5.74) is 8.22. The molecule has 0 aromatic heterocycles. The molecule has 5 rings (SSSR count). The summed E-state index contributed by atoms with van der Waals surface area (Å²) >= 11 is 0. The summed E-state index contributed by atoms with van der Waals surface area (Å²) in [7, 11) is 0. The highest BCUT2D eigenvalue weighted by atomic mass is 14.6. The molecule has 0 spiro atoms. The second-order valence-electron chi connectivity index (χ2n) is 7.23. The number of hydrogen-bond acceptors (Lipinski definition) is 2. The standard InChI is InChI=1S/C18H22N2/c19-10-17(20)13-1-3-14(4-2-13)18-15-6-11-5-12(8-15)9-16(18)7-11/h1-4,11-12,15-18H,5-9,20H2. The minimum absolute atomic E-state index is 0.484. The number of rotatable bonds is 2. The van der Waals surface area contributed by atoms with Crippen LogP contribution in [-0.4, -0.2) is 0 Å². The molecule has 0 amide bonds. The van der Waals surface area contributed by atoms with E-state index in [1.807, 2.05) is 0 Å². The molecule has 1 aromatic rings. The van der Waals surface area contributed by atoms with Crippen LogP contribution in [0.3, 0.4) is 0 Å². The topological polar surface area (TPSA) is 49.8 Å². The van der Waals surface area contributed by atoms with Gasteiger partial charge in [-0.2, -0.15) is 5.26 Å². The Kier molecular flexibility index (Phi) is 2.86. The van der Waals surface area contributed by atoms with Gasteiger partial charge in [0.15, 0.2) is 0 Å². The summed E-state index contributed by atoms with van der Waals surface area (Å²) in [6.45, 7) is 0. The minimum Gasteiger partial charge on any atom is -0.312 e. The molecule has 104 valence electrons. The summed E-state index contributed by atoms with van der Waals surface area (Å²) in [6.07, 6.45) is 7.33. The highest BCUT2D eigenvalue weighted by molar-refractivity contribution is 5.31. The van der Waals surface area contributed by atoms with Crippen LogP contribution >= 0.6 is 0 Å². The van der Waals surface area contributed by atoms with E-state index in [0.29, 0.717) is 0 Å². The van der Waals surface area contributed by atoms with Gasteiger partial charge in [0.05, 0.1) is 6.07 Å². The van der Waals surface area contributed by atoms with Crippen molar-refractivity contribution in [3.8, 4) is 6.07 Å². The molecule has 1 atom stereocenters. The van der Waals surface area contributed by atoms with Crippen molar-refractivity contribution < 1.29 is 0 Å². The van der Waals surface area contributed by atoms with Crippen LogP contribution < -0.4 is 5.73 Å². The lowest BCUT2D eigenvalue weighted by molar-refractivity contribution is -0.00278. The molecule has 2 N–H and O–H groups in total. The molecule has 0 saturated heterocycles. The predicted octanol–water partition coefficient (Wildman–Crippen LogP) is 3.75. The summed E-state index contributed by atoms with van der Waals surface area (Å²) in [5.74, 6) is 4.67. The Hall–Kier alpha value is -1.33. The average molecular weight is 266 g/mol. The van der Waals surface area contributed by atoms with Crippen molar-refractivity contribution in [3.63, 3.8) is 0 Å². The van der Waals surface area contributed by atoms with E-state index in [1.54, 1.807) is 0 Å². The van der Waals surface area contributed by atoms with E-state index in [-0.39, 0.29) is 0 Å². The molecule has 0 heterocycles. The molecular weight excluding hydrogens is 244 g/mol. The summed E-state index contributed by atoms with van der Waals surface area (Å²) in [5, 5.41) is 8.90. The molecule has 4 fully saturated rings. The zero-order valence-corrected chi connectivity index (χ0v) is 11.8. The van der Waals surface area contributed by atoms with Gasteiger partial charge in [0.2, 0.25) is 0 Å². The number of benzene rings is 1. The molecule has 0 aliphatic heterocycles. The van der Waals surface area contributed by atoms with Crippen molar-refractivity contribution in [2.75, 3.05) is 0 Å². The van der Waals surface area contributed by atoms with E-state index in [9.17, 15) is 0 Å². The van der Waals surface area contributed by atoms with Crippen molar-refractivity contribution in [2.45, 2.75) is 44.1 Å². The molecule has 4 saturated carbocycles. The van der Waals surface area contributed by atoms with Gasteiger partial charge in [-0.15, -0.1) is 0 Å². The molecule has 4 bridgehead atoms. The van der Waals surface area contributed by atoms with Gasteiger partial charge < -0.3 is 5.73 Å². The van der Waals surface area contributed by atoms with Gasteiger partial charge in [-0.05, 0) is 72.8 Å². The zero-order chi connectivity index (χ0) is 13.7. The van der Waals surface area contributed by atoms with Gasteiger partial charge in [-0.1, -0.05) is 24.3 Å². The first-order valence-electron chi connectivity index (χ1n) is 7.99. The van der Waals surface area contributed by atoms with Gasteiger partial charge in [0.1, 0.15) is 6.04 Å². The molecule has 0 radical (unpaired) electrons. The van der Waals surface area contributed by atoms with E-state index in [4.69, 9.17) is 11.0 Å². The lowest BCUT2D eigenvalue weighted by Crippen LogP contribution is -2.43. The number of nitriles is 1. The van der Waals surface area contributed by atoms with Crippen molar-refractivity contribution in [2.24, 2.45) is 29.4 Å². The van der Waals surface area contributed by atoms with Gasteiger partial charge in [0.25, 0.3) is 0 Å². The summed E-state index contributed by atoms with van der Waals surface area (Å²) in [4.78, 5) is 0. The molecular formula is C18H22N2. The molecule has 4 aliphatic rings. The Balaban J connectivity index is 1.60. The molecule has 1 unspecified atom stereocenters. The number of nitrogens with two attached hydrogens (primary N) is 1. The Morgan fingerprint density at radius 1 is 0.950 bits per heavy atom. The maximum absolute atomic E-state index is 8.90. The van der Waals surface area contributed by atoms with E-state index in [0.717, 1.165) is 35.2 Å². The van der Waals surface area contributed by atoms with Crippen LogP contribution in [0, 0.1) is 35.0 Å². The summed E-state index contributed by atoms with van der Waals surface area (Å²) < 4.78 is 0. The predicted molar refractivity (Wildman–Crippen MR) is 78.8 cm³/mol. The maximum Gasteiger partial charge on any atom is 0.118 e. The second kappa shape index (κ2) is 4.60. The fraction of sp³-hybridized carbons (Fsp3) is 0.611. The summed E-state index contributed by atoms with van der Waals surface area (Å²) in [6, 6.07) is 10.2. The Morgan fingerprint density at radius 3 is 2.00 bits per heavy atom. The van der Waals surface area contributed by atoms with Crippen LogP contribution in [0.4, 0.5) is 0 Å². The van der Waals surface area contributed by atoms with Crippen molar-refractivity contribution in [3.05, 3.63) is 35.4 Å². The highest BCUT2D eigenvalue weighted by Gasteiger charge is 2.48. The third-order valence-corrected chi connectivity index (χ3v) is 6.05. The van der Waals surface area contributed by atoms with Crippen molar-refractivity contribution in [1.29, 1.82) is 5.26 Å². The SMILES string of the molecule is N#CC(N)c1ccc(C2C3CC4CC(C3)CC2C4)cc1. The van der Waals surface area contributed by atoms with Gasteiger partial charge in [-0.25, -0.2) is 0 Å². The number of nitrogens with zero attached hydrogens (tertiary/aromatic N) is 1. The van der Waals surface area contributed by atoms with Crippen molar-refractivity contribution >= 4 is 0 Å². The first-order chi connectivity index (χ1) is 9.74. The van der Waals surface area contributed by atoms with Crippen LogP contribution in [0.2, 0.25) is 0 Å². The lowest BCUT2D eigenvalue weighted by Gasteiger charge is -2.54. The molecule has 1 aromatic carbocycles. The Morgan fingerprint density at radius 2 is 1.50 bits per heavy atom. The molecule has 2 heteroatoms. The molecule has 4 aliphatic carbocycles.